The van der Waals surface area contributed by atoms with Crippen molar-refractivity contribution in [2.45, 2.75) is 45.1 Å². The lowest BCUT2D eigenvalue weighted by Crippen LogP contribution is -2.26. The van der Waals surface area contributed by atoms with Gasteiger partial charge in [-0.15, -0.1) is 0 Å². The Labute approximate surface area is 262 Å². The fraction of sp³-hybridized carbons (Fsp3) is 0.286. The summed E-state index contributed by atoms with van der Waals surface area (Å²) in [6.07, 6.45) is 7.17. The lowest BCUT2D eigenvalue weighted by molar-refractivity contribution is 0.262. The minimum absolute atomic E-state index is 0.147. The van der Waals surface area contributed by atoms with Gasteiger partial charge in [0, 0.05) is 34.7 Å². The number of fused-ring (bicyclic) bond motifs is 2. The molecule has 2 aromatic heterocycles. The molecule has 0 spiro atoms. The van der Waals surface area contributed by atoms with E-state index in [2.05, 4.69) is 45.3 Å². The van der Waals surface area contributed by atoms with Crippen molar-refractivity contribution in [1.29, 1.82) is 0 Å². The maximum atomic E-state index is 13.1. The van der Waals surface area contributed by atoms with Crippen molar-refractivity contribution in [2.75, 3.05) is 37.6 Å². The molecule has 1 aliphatic carbocycles. The van der Waals surface area contributed by atoms with Crippen LogP contribution in [0.3, 0.4) is 0 Å². The van der Waals surface area contributed by atoms with E-state index in [4.69, 9.17) is 20.2 Å². The van der Waals surface area contributed by atoms with E-state index in [1.807, 2.05) is 49.6 Å². The lowest BCUT2D eigenvalue weighted by atomic mass is 9.93. The number of aromatic nitrogens is 3. The highest BCUT2D eigenvalue weighted by molar-refractivity contribution is 6.11. The fourth-order valence-corrected chi connectivity index (χ4v) is 6.11. The molecule has 1 unspecified atom stereocenters. The summed E-state index contributed by atoms with van der Waals surface area (Å²) < 4.78 is 12.9. The maximum absolute atomic E-state index is 13.1. The number of methoxy groups -OCH3 is 2. The number of anilines is 3. The van der Waals surface area contributed by atoms with Gasteiger partial charge in [0.25, 0.3) is 0 Å². The van der Waals surface area contributed by atoms with Crippen molar-refractivity contribution >= 4 is 45.1 Å². The maximum Gasteiger partial charge on any atom is 0.323 e. The number of amides is 2. The number of nitrogen functional groups attached to an aromatic ring is 1. The van der Waals surface area contributed by atoms with Crippen LogP contribution in [0, 0.1) is 0 Å². The summed E-state index contributed by atoms with van der Waals surface area (Å²) in [5, 5.41) is 11.1. The first kappa shape index (κ1) is 30.0. The first-order valence-electron chi connectivity index (χ1n) is 15.2. The third-order valence-electron chi connectivity index (χ3n) is 8.45. The molecule has 2 amide bonds. The third kappa shape index (κ3) is 5.64. The van der Waals surface area contributed by atoms with Crippen LogP contribution in [0.4, 0.5) is 22.0 Å². The van der Waals surface area contributed by atoms with Crippen LogP contribution in [0.25, 0.3) is 33.1 Å². The highest BCUT2D eigenvalue weighted by Gasteiger charge is 2.25. The fourth-order valence-electron chi connectivity index (χ4n) is 6.11. The Morgan fingerprint density at radius 3 is 2.49 bits per heavy atom. The number of nitrogens with two attached hydrogens (primary N) is 1. The van der Waals surface area contributed by atoms with E-state index >= 15 is 0 Å². The number of urea groups is 1. The van der Waals surface area contributed by atoms with Gasteiger partial charge >= 0.3 is 6.03 Å². The molecule has 6 rings (SSSR count). The van der Waals surface area contributed by atoms with Crippen molar-refractivity contribution in [3.63, 3.8) is 0 Å². The number of nitrogens with one attached hydrogen (secondary N) is 3. The minimum atomic E-state index is -0.381. The van der Waals surface area contributed by atoms with E-state index < -0.39 is 0 Å². The first-order valence-corrected chi connectivity index (χ1v) is 15.2. The molecule has 0 aliphatic heterocycles. The topological polar surface area (TPSA) is 128 Å². The molecule has 45 heavy (non-hydrogen) atoms. The number of benzene rings is 3. The molecular weight excluding hydrogens is 566 g/mol. The van der Waals surface area contributed by atoms with Crippen molar-refractivity contribution in [3.8, 4) is 22.8 Å². The van der Waals surface area contributed by atoms with Gasteiger partial charge in [-0.3, -0.25) is 4.40 Å². The summed E-state index contributed by atoms with van der Waals surface area (Å²) in [6.45, 7) is 4.29. The van der Waals surface area contributed by atoms with Gasteiger partial charge < -0.3 is 31.2 Å². The number of carbonyl (C=O) groups is 1. The van der Waals surface area contributed by atoms with E-state index in [0.717, 1.165) is 58.3 Å². The largest absolute Gasteiger partial charge is 0.493 e. The van der Waals surface area contributed by atoms with Gasteiger partial charge in [0.15, 0.2) is 11.5 Å². The summed E-state index contributed by atoms with van der Waals surface area (Å²) in [5.74, 6) is 2.61. The average molecular weight is 606 g/mol. The lowest BCUT2D eigenvalue weighted by Gasteiger charge is -2.22. The van der Waals surface area contributed by atoms with E-state index in [1.54, 1.807) is 32.4 Å². The van der Waals surface area contributed by atoms with Gasteiger partial charge in [-0.1, -0.05) is 50.3 Å². The minimum Gasteiger partial charge on any atom is -0.493 e. The van der Waals surface area contributed by atoms with Crippen LogP contribution >= 0.6 is 0 Å². The summed E-state index contributed by atoms with van der Waals surface area (Å²) in [6, 6.07) is 17.2. The van der Waals surface area contributed by atoms with Crippen molar-refractivity contribution in [1.82, 2.24) is 19.7 Å². The highest BCUT2D eigenvalue weighted by Crippen LogP contribution is 2.40. The third-order valence-corrected chi connectivity index (χ3v) is 8.45. The van der Waals surface area contributed by atoms with Crippen LogP contribution in [0.1, 0.15) is 50.5 Å². The highest BCUT2D eigenvalue weighted by atomic mass is 16.5. The monoisotopic (exact) mass is 605 g/mol. The molecule has 232 valence electrons. The second-order valence-corrected chi connectivity index (χ2v) is 11.5. The summed E-state index contributed by atoms with van der Waals surface area (Å²) >= 11 is 0. The Morgan fingerprint density at radius 1 is 1.02 bits per heavy atom. The number of carbonyl (C=O) groups excluding carboxylic acids is 1. The van der Waals surface area contributed by atoms with Crippen molar-refractivity contribution < 1.29 is 14.3 Å². The van der Waals surface area contributed by atoms with Crippen LogP contribution in [-0.2, 0) is 0 Å². The van der Waals surface area contributed by atoms with Gasteiger partial charge in [0.1, 0.15) is 22.9 Å². The molecular formula is C35H39N7O3. The normalized spacial score (nSPS) is 14.9. The van der Waals surface area contributed by atoms with E-state index in [0.29, 0.717) is 34.7 Å². The quantitative estimate of drug-likeness (QED) is 0.149. The molecule has 0 saturated carbocycles. The molecule has 2 heterocycles. The van der Waals surface area contributed by atoms with Gasteiger partial charge in [-0.05, 0) is 55.5 Å². The van der Waals surface area contributed by atoms with Gasteiger partial charge in [-0.25, -0.2) is 14.8 Å². The smallest absolute Gasteiger partial charge is 0.323 e. The van der Waals surface area contributed by atoms with Gasteiger partial charge in [-0.2, -0.15) is 0 Å². The van der Waals surface area contributed by atoms with E-state index in [-0.39, 0.29) is 11.9 Å². The van der Waals surface area contributed by atoms with Crippen LogP contribution in [0.2, 0.25) is 0 Å². The molecule has 5 N–H and O–H groups in total. The molecule has 3 aromatic carbocycles. The second-order valence-electron chi connectivity index (χ2n) is 11.5. The predicted octanol–water partition coefficient (Wildman–Crippen LogP) is 7.07. The zero-order valence-electron chi connectivity index (χ0n) is 26.3. The van der Waals surface area contributed by atoms with Gasteiger partial charge in [0.2, 0.25) is 0 Å². The molecule has 1 atom stereocenters. The molecule has 0 saturated heterocycles. The number of rotatable bonds is 8. The molecule has 0 fully saturated rings. The number of imidazole rings is 1. The summed E-state index contributed by atoms with van der Waals surface area (Å²) in [4.78, 5) is 23.0. The average Bonchev–Trinajstić information content (AvgIpc) is 3.47. The Balaban J connectivity index is 1.41. The molecule has 5 aromatic rings. The Hall–Kier alpha value is -5.09. The van der Waals surface area contributed by atoms with Crippen molar-refractivity contribution in [2.24, 2.45) is 0 Å². The molecule has 0 radical (unpaired) electrons. The van der Waals surface area contributed by atoms with Crippen LogP contribution < -0.4 is 31.2 Å². The SMILES string of the molecule is CNC1CC=C(c2cnc(N)c3c(-c4ccc(NC(=O)Nc5ccc(OC)c(OC)c5)c5ccccc45)nc(C(C)C)n23)CC1. The van der Waals surface area contributed by atoms with E-state index in [9.17, 15) is 4.79 Å². The van der Waals surface area contributed by atoms with Crippen molar-refractivity contribution in [3.05, 3.63) is 78.4 Å². The van der Waals surface area contributed by atoms with Crippen LogP contribution in [0.5, 0.6) is 11.5 Å². The van der Waals surface area contributed by atoms with Gasteiger partial charge in [0.05, 0.1) is 31.8 Å². The molecule has 10 nitrogen and oxygen atoms in total. The molecule has 0 bridgehead atoms. The number of nitrogens with zero attached hydrogens (tertiary/aromatic N) is 3. The summed E-state index contributed by atoms with van der Waals surface area (Å²) in [7, 11) is 5.14. The molecule has 1 aliphatic rings. The summed E-state index contributed by atoms with van der Waals surface area (Å²) in [5.41, 5.74) is 12.6. The first-order chi connectivity index (χ1) is 21.8. The number of allylic oxidation sites excluding steroid dienone is 1. The predicted molar refractivity (Wildman–Crippen MR) is 181 cm³/mol. The zero-order valence-corrected chi connectivity index (χ0v) is 26.3. The standard InChI is InChI=1S/C35H39N7O3/c1-20(2)34-41-31(32-33(36)38-19-28(42(32)34)21-10-12-22(37-3)13-11-21)26-15-16-27(25-9-7-6-8-24(25)26)40-35(43)39-23-14-17-29(44-4)30(18-23)45-5/h6-10,14-20,22,37H,11-13H2,1-5H3,(H2,36,38)(H2,39,40,43). The zero-order chi connectivity index (χ0) is 31.7. The number of hydrogen-bond donors (Lipinski definition) is 4. The van der Waals surface area contributed by atoms with E-state index in [1.165, 1.54) is 5.57 Å². The number of hydrogen-bond acceptors (Lipinski definition) is 7. The molecule has 10 heteroatoms. The van der Waals surface area contributed by atoms with Crippen LogP contribution in [0.15, 0.2) is 66.9 Å². The Bertz CT molecular complexity index is 1930. The Morgan fingerprint density at radius 2 is 1.80 bits per heavy atom. The van der Waals surface area contributed by atoms with Crippen LogP contribution in [-0.4, -0.2) is 47.7 Å². The number of ether oxygens (including phenoxy) is 2. The Kier molecular flexibility index (Phi) is 8.32. The second kappa shape index (κ2) is 12.5.